The van der Waals surface area contributed by atoms with E-state index in [-0.39, 0.29) is 11.4 Å². The molecule has 0 aromatic rings. The highest BCUT2D eigenvalue weighted by atomic mass is 16.5. The van der Waals surface area contributed by atoms with Crippen molar-refractivity contribution in [3.8, 4) is 0 Å². The topological polar surface area (TPSA) is 26.3 Å². The van der Waals surface area contributed by atoms with Gasteiger partial charge in [0.2, 0.25) is 0 Å². The summed E-state index contributed by atoms with van der Waals surface area (Å²) < 4.78 is 6.12. The van der Waals surface area contributed by atoms with Gasteiger partial charge in [-0.2, -0.15) is 0 Å². The van der Waals surface area contributed by atoms with Crippen LogP contribution in [-0.2, 0) is 9.53 Å². The molecule has 0 aliphatic heterocycles. The van der Waals surface area contributed by atoms with Crippen LogP contribution in [0, 0.1) is 5.41 Å². The van der Waals surface area contributed by atoms with Crippen molar-refractivity contribution in [3.63, 3.8) is 0 Å². The Kier molecular flexibility index (Phi) is 32.9. The second kappa shape index (κ2) is 33.4. The van der Waals surface area contributed by atoms with Crippen LogP contribution in [0.4, 0.5) is 0 Å². The maximum atomic E-state index is 13.8. The van der Waals surface area contributed by atoms with Gasteiger partial charge in [-0.3, -0.25) is 4.79 Å². The average Bonchev–Trinajstić information content (AvgIpc) is 3.00. The first-order chi connectivity index (χ1) is 20.7. The minimum Gasteiger partial charge on any atom is -0.465 e. The molecular weight excluding hydrogens is 512 g/mol. The fourth-order valence-corrected chi connectivity index (χ4v) is 6.67. The molecule has 0 unspecified atom stereocenters. The normalized spacial score (nSPS) is 11.8. The van der Waals surface area contributed by atoms with E-state index in [2.05, 4.69) is 27.7 Å². The van der Waals surface area contributed by atoms with Crippen LogP contribution >= 0.6 is 0 Å². The molecule has 0 aromatic heterocycles. The number of rotatable bonds is 35. The molecule has 2 nitrogen and oxygen atoms in total. The molecule has 0 atom stereocenters. The van der Waals surface area contributed by atoms with E-state index >= 15 is 0 Å². The molecule has 0 aliphatic rings. The molecule has 0 fully saturated rings. The van der Waals surface area contributed by atoms with Crippen molar-refractivity contribution in [1.82, 2.24) is 0 Å². The Labute approximate surface area is 266 Å². The predicted octanol–water partition coefficient (Wildman–Crippen LogP) is 14.5. The summed E-state index contributed by atoms with van der Waals surface area (Å²) in [5.74, 6) is 0.168. The first-order valence-corrected chi connectivity index (χ1v) is 19.8. The Morgan fingerprint density at radius 1 is 0.357 bits per heavy atom. The van der Waals surface area contributed by atoms with Gasteiger partial charge in [0.05, 0.1) is 12.0 Å². The van der Waals surface area contributed by atoms with Crippen LogP contribution in [-0.4, -0.2) is 12.6 Å². The molecule has 0 rings (SSSR count). The number of carbonyl (C=O) groups is 1. The van der Waals surface area contributed by atoms with E-state index < -0.39 is 0 Å². The van der Waals surface area contributed by atoms with Gasteiger partial charge in [0, 0.05) is 0 Å². The van der Waals surface area contributed by atoms with E-state index in [1.54, 1.807) is 0 Å². The second-order valence-electron chi connectivity index (χ2n) is 13.9. The highest BCUT2D eigenvalue weighted by molar-refractivity contribution is 5.76. The molecule has 0 saturated carbocycles. The summed E-state index contributed by atoms with van der Waals surface area (Å²) in [5, 5.41) is 0. The molecular formula is C40H80O2. The van der Waals surface area contributed by atoms with Crippen LogP contribution in [0.1, 0.15) is 240 Å². The summed E-state index contributed by atoms with van der Waals surface area (Å²) in [7, 11) is 0. The molecule has 0 saturated heterocycles. The zero-order chi connectivity index (χ0) is 30.8. The lowest BCUT2D eigenvalue weighted by molar-refractivity contribution is -0.158. The zero-order valence-corrected chi connectivity index (χ0v) is 29.9. The van der Waals surface area contributed by atoms with Gasteiger partial charge in [-0.15, -0.1) is 0 Å². The van der Waals surface area contributed by atoms with Gasteiger partial charge in [0.15, 0.2) is 0 Å². The largest absolute Gasteiger partial charge is 0.465 e. The minimum absolute atomic E-state index is 0.168. The lowest BCUT2D eigenvalue weighted by atomic mass is 9.74. The quantitative estimate of drug-likeness (QED) is 0.0540. The maximum absolute atomic E-state index is 13.8. The number of hydrogen-bond donors (Lipinski definition) is 0. The average molecular weight is 593 g/mol. The smallest absolute Gasteiger partial charge is 0.312 e. The van der Waals surface area contributed by atoms with E-state index in [0.717, 1.165) is 25.7 Å². The maximum Gasteiger partial charge on any atom is 0.312 e. The third-order valence-corrected chi connectivity index (χ3v) is 9.69. The van der Waals surface area contributed by atoms with Gasteiger partial charge in [-0.05, 0) is 25.7 Å². The highest BCUT2D eigenvalue weighted by Crippen LogP contribution is 2.39. The van der Waals surface area contributed by atoms with E-state index in [1.165, 1.54) is 186 Å². The molecule has 252 valence electrons. The Bertz CT molecular complexity index is 512. The van der Waals surface area contributed by atoms with Crippen molar-refractivity contribution < 1.29 is 9.53 Å². The lowest BCUT2D eigenvalue weighted by Crippen LogP contribution is -2.34. The SMILES string of the molecule is CCCCCCCCCCCCCCC(CCCCCCCC)(CCCCCCCC)C(=O)OCCCCCCCC. The Morgan fingerprint density at radius 3 is 0.881 bits per heavy atom. The number of ether oxygens (including phenoxy) is 1. The Hall–Kier alpha value is -0.530. The van der Waals surface area contributed by atoms with Crippen LogP contribution in [0.5, 0.6) is 0 Å². The summed E-state index contributed by atoms with van der Waals surface area (Å²) in [4.78, 5) is 13.8. The van der Waals surface area contributed by atoms with E-state index in [4.69, 9.17) is 4.74 Å². The monoisotopic (exact) mass is 593 g/mol. The van der Waals surface area contributed by atoms with Crippen molar-refractivity contribution in [2.24, 2.45) is 5.41 Å². The van der Waals surface area contributed by atoms with Crippen molar-refractivity contribution >= 4 is 5.97 Å². The summed E-state index contributed by atoms with van der Waals surface area (Å²) in [6.07, 6.45) is 42.7. The van der Waals surface area contributed by atoms with Crippen LogP contribution in [0.15, 0.2) is 0 Å². The molecule has 0 radical (unpaired) electrons. The summed E-state index contributed by atoms with van der Waals surface area (Å²) in [5.41, 5.74) is -0.226. The molecule has 0 N–H and O–H groups in total. The standard InChI is InChI=1S/C40H80O2/c1-5-9-13-17-21-22-23-24-25-26-29-33-37-40(35-31-27-18-14-10-6-2,36-32-28-19-15-11-7-3)39(41)42-38-34-30-20-16-12-8-4/h5-38H2,1-4H3. The zero-order valence-electron chi connectivity index (χ0n) is 29.9. The van der Waals surface area contributed by atoms with Gasteiger partial charge in [0.1, 0.15) is 0 Å². The molecule has 0 spiro atoms. The molecule has 0 heterocycles. The third kappa shape index (κ3) is 25.9. The van der Waals surface area contributed by atoms with Crippen LogP contribution < -0.4 is 0 Å². The number of hydrogen-bond acceptors (Lipinski definition) is 2. The van der Waals surface area contributed by atoms with Gasteiger partial charge in [-0.1, -0.05) is 214 Å². The van der Waals surface area contributed by atoms with Crippen molar-refractivity contribution in [1.29, 1.82) is 0 Å². The van der Waals surface area contributed by atoms with Crippen molar-refractivity contribution in [2.45, 2.75) is 240 Å². The molecule has 42 heavy (non-hydrogen) atoms. The van der Waals surface area contributed by atoms with Gasteiger partial charge >= 0.3 is 5.97 Å². The number of carbonyl (C=O) groups excluding carboxylic acids is 1. The van der Waals surface area contributed by atoms with Gasteiger partial charge in [0.25, 0.3) is 0 Å². The van der Waals surface area contributed by atoms with Gasteiger partial charge in [-0.25, -0.2) is 0 Å². The van der Waals surface area contributed by atoms with E-state index in [9.17, 15) is 4.79 Å². The molecule has 0 bridgehead atoms. The van der Waals surface area contributed by atoms with Crippen molar-refractivity contribution in [3.05, 3.63) is 0 Å². The van der Waals surface area contributed by atoms with Crippen molar-refractivity contribution in [2.75, 3.05) is 6.61 Å². The molecule has 0 aromatic carbocycles. The Morgan fingerprint density at radius 2 is 0.595 bits per heavy atom. The molecule has 0 aliphatic carbocycles. The summed E-state index contributed by atoms with van der Waals surface area (Å²) in [6, 6.07) is 0. The second-order valence-corrected chi connectivity index (χ2v) is 13.9. The summed E-state index contributed by atoms with van der Waals surface area (Å²) >= 11 is 0. The fraction of sp³-hybridized carbons (Fsp3) is 0.975. The molecule has 2 heteroatoms. The highest BCUT2D eigenvalue weighted by Gasteiger charge is 2.38. The predicted molar refractivity (Wildman–Crippen MR) is 188 cm³/mol. The van der Waals surface area contributed by atoms with E-state index in [0.29, 0.717) is 6.61 Å². The first-order valence-electron chi connectivity index (χ1n) is 19.8. The van der Waals surface area contributed by atoms with Gasteiger partial charge < -0.3 is 4.74 Å². The number of esters is 1. The van der Waals surface area contributed by atoms with Crippen LogP contribution in [0.25, 0.3) is 0 Å². The van der Waals surface area contributed by atoms with E-state index in [1.807, 2.05) is 0 Å². The summed E-state index contributed by atoms with van der Waals surface area (Å²) in [6.45, 7) is 9.79. The first kappa shape index (κ1) is 41.5. The number of unbranched alkanes of at least 4 members (excludes halogenated alkanes) is 26. The fourth-order valence-electron chi connectivity index (χ4n) is 6.67. The lowest BCUT2D eigenvalue weighted by Gasteiger charge is -2.32. The minimum atomic E-state index is -0.226. The Balaban J connectivity index is 4.87. The molecule has 0 amide bonds. The van der Waals surface area contributed by atoms with Crippen LogP contribution in [0.3, 0.4) is 0 Å². The third-order valence-electron chi connectivity index (χ3n) is 9.69. The van der Waals surface area contributed by atoms with Crippen LogP contribution in [0.2, 0.25) is 0 Å².